The summed E-state index contributed by atoms with van der Waals surface area (Å²) >= 11 is 0. The number of hydrogen-bond donors (Lipinski definition) is 2. The summed E-state index contributed by atoms with van der Waals surface area (Å²) in [5, 5.41) is 6.98. The fourth-order valence-electron chi connectivity index (χ4n) is 4.07. The molecule has 2 N–H and O–H groups in total. The highest BCUT2D eigenvalue weighted by Gasteiger charge is 2.38. The monoisotopic (exact) mass is 500 g/mol. The number of benzene rings is 1. The highest BCUT2D eigenvalue weighted by atomic mass is 127. The number of guanidine groups is 1. The molecule has 1 saturated heterocycles. The maximum absolute atomic E-state index is 5.44. The lowest BCUT2D eigenvalue weighted by Crippen LogP contribution is -2.45. The second-order valence-electron chi connectivity index (χ2n) is 8.09. The van der Waals surface area contributed by atoms with E-state index in [1.807, 2.05) is 0 Å². The Morgan fingerprint density at radius 1 is 1.18 bits per heavy atom. The quantitative estimate of drug-likeness (QED) is 0.327. The van der Waals surface area contributed by atoms with Crippen LogP contribution in [0.2, 0.25) is 0 Å². The normalized spacial score (nSPS) is 20.6. The maximum atomic E-state index is 5.44. The molecule has 0 amide bonds. The molecular weight excluding hydrogens is 463 g/mol. The molecule has 2 aliphatic rings. The Balaban J connectivity index is 0.00000280. The summed E-state index contributed by atoms with van der Waals surface area (Å²) in [5.74, 6) is 1.53. The van der Waals surface area contributed by atoms with E-state index in [1.54, 1.807) is 0 Å². The summed E-state index contributed by atoms with van der Waals surface area (Å²) in [6, 6.07) is 10.9. The van der Waals surface area contributed by atoms with Crippen LogP contribution >= 0.6 is 24.0 Å². The Labute approximate surface area is 187 Å². The minimum atomic E-state index is 0. The highest BCUT2D eigenvalue weighted by molar-refractivity contribution is 14.0. The van der Waals surface area contributed by atoms with Crippen molar-refractivity contribution in [2.45, 2.75) is 38.5 Å². The predicted octanol–water partition coefficient (Wildman–Crippen LogP) is 3.25. The number of aliphatic imine (C=N–C) groups is 1. The Morgan fingerprint density at radius 2 is 1.89 bits per heavy atom. The number of halogens is 1. The maximum Gasteiger partial charge on any atom is 0.191 e. The van der Waals surface area contributed by atoms with E-state index in [0.717, 1.165) is 58.4 Å². The van der Waals surface area contributed by atoms with E-state index in [-0.39, 0.29) is 29.4 Å². The molecule has 6 heteroatoms. The molecule has 5 nitrogen and oxygen atoms in total. The van der Waals surface area contributed by atoms with Gasteiger partial charge < -0.3 is 15.4 Å². The van der Waals surface area contributed by atoms with Crippen molar-refractivity contribution in [1.29, 1.82) is 0 Å². The number of nitrogens with zero attached hydrogens (tertiary/aromatic N) is 2. The summed E-state index contributed by atoms with van der Waals surface area (Å²) < 4.78 is 5.44. The molecule has 0 radical (unpaired) electrons. The molecule has 1 atom stereocenters. The van der Waals surface area contributed by atoms with E-state index >= 15 is 0 Å². The molecule has 0 aromatic heterocycles. The van der Waals surface area contributed by atoms with Crippen molar-refractivity contribution < 1.29 is 4.74 Å². The summed E-state index contributed by atoms with van der Waals surface area (Å²) in [7, 11) is 0. The molecule has 1 saturated carbocycles. The van der Waals surface area contributed by atoms with Gasteiger partial charge in [-0.15, -0.1) is 24.0 Å². The average Bonchev–Trinajstić information content (AvgIpc) is 2.67. The number of morpholine rings is 1. The second-order valence-corrected chi connectivity index (χ2v) is 8.09. The predicted molar refractivity (Wildman–Crippen MR) is 128 cm³/mol. The van der Waals surface area contributed by atoms with Crippen LogP contribution in [-0.4, -0.2) is 63.3 Å². The summed E-state index contributed by atoms with van der Waals surface area (Å²) in [5.41, 5.74) is 1.68. The fourth-order valence-corrected chi connectivity index (χ4v) is 4.07. The van der Waals surface area contributed by atoms with E-state index in [1.165, 1.54) is 24.8 Å². The molecule has 1 aromatic carbocycles. The van der Waals surface area contributed by atoms with Gasteiger partial charge >= 0.3 is 0 Å². The van der Waals surface area contributed by atoms with Crippen LogP contribution in [0.4, 0.5) is 0 Å². The van der Waals surface area contributed by atoms with E-state index in [9.17, 15) is 0 Å². The SMILES string of the molecule is CCNC(=NCC1(c2ccccc2)CCC1)NCC(C)CN1CCOCC1.I. The molecule has 158 valence electrons. The number of ether oxygens (including phenoxy) is 1. The van der Waals surface area contributed by atoms with E-state index in [4.69, 9.17) is 9.73 Å². The summed E-state index contributed by atoms with van der Waals surface area (Å²) in [4.78, 5) is 7.46. The standard InChI is InChI=1S/C22H36N4O.HI/c1-3-23-21(24-16-19(2)17-26-12-14-27-15-13-26)25-18-22(10-7-11-22)20-8-5-4-6-9-20;/h4-6,8-9,19H,3,7,10-18H2,1-2H3,(H2,23,24,25);1H. The number of rotatable bonds is 8. The van der Waals surface area contributed by atoms with Crippen molar-refractivity contribution in [2.75, 3.05) is 52.5 Å². The van der Waals surface area contributed by atoms with Crippen molar-refractivity contribution >= 4 is 29.9 Å². The fraction of sp³-hybridized carbons (Fsp3) is 0.682. The van der Waals surface area contributed by atoms with Gasteiger partial charge in [0.1, 0.15) is 0 Å². The van der Waals surface area contributed by atoms with Crippen molar-refractivity contribution in [2.24, 2.45) is 10.9 Å². The molecule has 3 rings (SSSR count). The molecule has 0 bridgehead atoms. The van der Waals surface area contributed by atoms with Gasteiger partial charge in [0.25, 0.3) is 0 Å². The summed E-state index contributed by atoms with van der Waals surface area (Å²) in [6.45, 7) is 12.1. The van der Waals surface area contributed by atoms with E-state index in [0.29, 0.717) is 5.92 Å². The second kappa shape index (κ2) is 12.0. The van der Waals surface area contributed by atoms with Crippen LogP contribution < -0.4 is 10.6 Å². The molecule has 1 aromatic rings. The Hall–Kier alpha value is -0.860. The Kier molecular flexibility index (Phi) is 10.0. The van der Waals surface area contributed by atoms with Crippen LogP contribution in [-0.2, 0) is 10.2 Å². The minimum absolute atomic E-state index is 0. The van der Waals surface area contributed by atoms with Gasteiger partial charge in [-0.05, 0) is 31.2 Å². The number of hydrogen-bond acceptors (Lipinski definition) is 3. The lowest BCUT2D eigenvalue weighted by atomic mass is 9.64. The van der Waals surface area contributed by atoms with Gasteiger partial charge in [-0.25, -0.2) is 0 Å². The third kappa shape index (κ3) is 6.59. The first-order valence-electron chi connectivity index (χ1n) is 10.6. The highest BCUT2D eigenvalue weighted by Crippen LogP contribution is 2.43. The summed E-state index contributed by atoms with van der Waals surface area (Å²) in [6.07, 6.45) is 3.80. The number of nitrogens with one attached hydrogen (secondary N) is 2. The van der Waals surface area contributed by atoms with Crippen LogP contribution in [0.15, 0.2) is 35.3 Å². The third-order valence-electron chi connectivity index (χ3n) is 5.87. The van der Waals surface area contributed by atoms with Crippen molar-refractivity contribution in [1.82, 2.24) is 15.5 Å². The zero-order valence-electron chi connectivity index (χ0n) is 17.5. The largest absolute Gasteiger partial charge is 0.379 e. The van der Waals surface area contributed by atoms with Crippen molar-refractivity contribution in [3.63, 3.8) is 0 Å². The molecule has 1 unspecified atom stereocenters. The van der Waals surface area contributed by atoms with Gasteiger partial charge in [0.2, 0.25) is 0 Å². The zero-order chi connectivity index (χ0) is 19.0. The molecule has 28 heavy (non-hydrogen) atoms. The van der Waals surface area contributed by atoms with Crippen LogP contribution in [0, 0.1) is 5.92 Å². The van der Waals surface area contributed by atoms with Crippen molar-refractivity contribution in [3.8, 4) is 0 Å². The Bertz CT molecular complexity index is 585. The first-order valence-corrected chi connectivity index (χ1v) is 10.6. The lowest BCUT2D eigenvalue weighted by molar-refractivity contribution is 0.0320. The third-order valence-corrected chi connectivity index (χ3v) is 5.87. The topological polar surface area (TPSA) is 48.9 Å². The van der Waals surface area contributed by atoms with Gasteiger partial charge in [-0.2, -0.15) is 0 Å². The molecule has 0 spiro atoms. The molecule has 2 fully saturated rings. The van der Waals surface area contributed by atoms with Gasteiger partial charge in [0, 0.05) is 38.1 Å². The van der Waals surface area contributed by atoms with Crippen LogP contribution in [0.3, 0.4) is 0 Å². The van der Waals surface area contributed by atoms with Gasteiger partial charge in [0.05, 0.1) is 19.8 Å². The minimum Gasteiger partial charge on any atom is -0.379 e. The average molecular weight is 500 g/mol. The van der Waals surface area contributed by atoms with Gasteiger partial charge in [-0.1, -0.05) is 43.7 Å². The van der Waals surface area contributed by atoms with E-state index < -0.39 is 0 Å². The van der Waals surface area contributed by atoms with Crippen LogP contribution in [0.5, 0.6) is 0 Å². The van der Waals surface area contributed by atoms with Crippen LogP contribution in [0.25, 0.3) is 0 Å². The van der Waals surface area contributed by atoms with Crippen molar-refractivity contribution in [3.05, 3.63) is 35.9 Å². The molecule has 1 heterocycles. The van der Waals surface area contributed by atoms with Gasteiger partial charge in [-0.3, -0.25) is 9.89 Å². The first kappa shape index (κ1) is 23.4. The van der Waals surface area contributed by atoms with Gasteiger partial charge in [0.15, 0.2) is 5.96 Å². The smallest absolute Gasteiger partial charge is 0.191 e. The molecule has 1 aliphatic heterocycles. The lowest BCUT2D eigenvalue weighted by Gasteiger charge is -2.41. The van der Waals surface area contributed by atoms with E-state index in [2.05, 4.69) is 59.7 Å². The molecule has 1 aliphatic carbocycles. The molecular formula is C22H37IN4O. The first-order chi connectivity index (χ1) is 13.2. The van der Waals surface area contributed by atoms with Crippen LogP contribution in [0.1, 0.15) is 38.7 Å². The zero-order valence-corrected chi connectivity index (χ0v) is 19.8. The Morgan fingerprint density at radius 3 is 2.50 bits per heavy atom.